The molecule has 0 aromatic heterocycles. The molecular weight excluding hydrogens is 366 g/mol. The lowest BCUT2D eigenvalue weighted by Gasteiger charge is -2.28. The summed E-state index contributed by atoms with van der Waals surface area (Å²) in [6.07, 6.45) is 12.1. The van der Waals surface area contributed by atoms with Gasteiger partial charge in [0.2, 0.25) is 5.82 Å². The van der Waals surface area contributed by atoms with Gasteiger partial charge in [0.05, 0.1) is 6.26 Å². The minimum absolute atomic E-state index is 0.0811. The summed E-state index contributed by atoms with van der Waals surface area (Å²) in [5.74, 6) is -0.224. The maximum Gasteiger partial charge on any atom is 0.201 e. The van der Waals surface area contributed by atoms with Crippen LogP contribution in [0.5, 0.6) is 5.75 Å². The van der Waals surface area contributed by atoms with Crippen molar-refractivity contribution >= 4 is 0 Å². The predicted molar refractivity (Wildman–Crippen MR) is 115 cm³/mol. The van der Waals surface area contributed by atoms with Gasteiger partial charge in [-0.2, -0.15) is 4.39 Å². The molecular formula is C26H32F2O. The Balaban J connectivity index is 1.56. The molecule has 0 heterocycles. The normalized spacial score (nSPS) is 19.6. The van der Waals surface area contributed by atoms with E-state index in [0.717, 1.165) is 11.5 Å². The van der Waals surface area contributed by atoms with Gasteiger partial charge in [0.1, 0.15) is 0 Å². The van der Waals surface area contributed by atoms with Crippen molar-refractivity contribution in [3.8, 4) is 5.75 Å². The van der Waals surface area contributed by atoms with E-state index in [-0.39, 0.29) is 5.75 Å². The first-order chi connectivity index (χ1) is 14.1. The fourth-order valence-corrected chi connectivity index (χ4v) is 4.43. The summed E-state index contributed by atoms with van der Waals surface area (Å²) in [6.45, 7) is 4.03. The fourth-order valence-electron chi connectivity index (χ4n) is 4.43. The molecule has 29 heavy (non-hydrogen) atoms. The van der Waals surface area contributed by atoms with Gasteiger partial charge >= 0.3 is 0 Å². The number of aryl methyl sites for hydroxylation is 2. The van der Waals surface area contributed by atoms with E-state index >= 15 is 0 Å². The lowest BCUT2D eigenvalue weighted by molar-refractivity contribution is 0.308. The topological polar surface area (TPSA) is 9.23 Å². The maximum absolute atomic E-state index is 14.3. The quantitative estimate of drug-likeness (QED) is 0.413. The van der Waals surface area contributed by atoms with E-state index in [1.807, 2.05) is 0 Å². The Bertz CT molecular complexity index is 802. The Morgan fingerprint density at radius 3 is 2.31 bits per heavy atom. The molecule has 156 valence electrons. The Morgan fingerprint density at radius 2 is 1.66 bits per heavy atom. The first-order valence-electron chi connectivity index (χ1n) is 11.0. The summed E-state index contributed by atoms with van der Waals surface area (Å²) in [5.41, 5.74) is 2.96. The molecule has 1 fully saturated rings. The summed E-state index contributed by atoms with van der Waals surface area (Å²) >= 11 is 0. The van der Waals surface area contributed by atoms with Gasteiger partial charge in [-0.1, -0.05) is 56.2 Å². The van der Waals surface area contributed by atoms with E-state index in [2.05, 4.69) is 31.2 Å². The molecule has 0 spiro atoms. The van der Waals surface area contributed by atoms with E-state index in [4.69, 9.17) is 4.74 Å². The Hall–Kier alpha value is -2.16. The van der Waals surface area contributed by atoms with Crippen LogP contribution < -0.4 is 4.74 Å². The van der Waals surface area contributed by atoms with Crippen molar-refractivity contribution in [1.29, 1.82) is 0 Å². The SMILES string of the molecule is C/C=C/Oc1ccc(CCc2ccc(C3CCC(CCC)CC3)cc2)c(F)c1F. The van der Waals surface area contributed by atoms with Crippen molar-refractivity contribution < 1.29 is 13.5 Å². The molecule has 0 aliphatic heterocycles. The van der Waals surface area contributed by atoms with Gasteiger partial charge < -0.3 is 4.74 Å². The van der Waals surface area contributed by atoms with Crippen LogP contribution in [0.2, 0.25) is 0 Å². The smallest absolute Gasteiger partial charge is 0.201 e. The third-order valence-electron chi connectivity index (χ3n) is 6.14. The summed E-state index contributed by atoms with van der Waals surface area (Å²) in [6, 6.07) is 11.8. The molecule has 2 aromatic carbocycles. The number of hydrogen-bond acceptors (Lipinski definition) is 1. The lowest BCUT2D eigenvalue weighted by atomic mass is 9.77. The summed E-state index contributed by atoms with van der Waals surface area (Å²) in [7, 11) is 0. The van der Waals surface area contributed by atoms with E-state index in [1.54, 1.807) is 19.1 Å². The number of rotatable bonds is 8. The molecule has 0 amide bonds. The van der Waals surface area contributed by atoms with Crippen LogP contribution in [-0.4, -0.2) is 0 Å². The van der Waals surface area contributed by atoms with Crippen LogP contribution in [0.25, 0.3) is 0 Å². The van der Waals surface area contributed by atoms with E-state index in [1.165, 1.54) is 56.4 Å². The van der Waals surface area contributed by atoms with E-state index in [9.17, 15) is 8.78 Å². The van der Waals surface area contributed by atoms with Crippen LogP contribution in [0, 0.1) is 17.6 Å². The molecule has 1 saturated carbocycles. The van der Waals surface area contributed by atoms with Crippen molar-refractivity contribution in [2.45, 2.75) is 71.1 Å². The minimum atomic E-state index is -0.922. The first-order valence-corrected chi connectivity index (χ1v) is 11.0. The molecule has 1 aliphatic rings. The molecule has 0 radical (unpaired) electrons. The molecule has 2 aromatic rings. The molecule has 0 saturated heterocycles. The van der Waals surface area contributed by atoms with Gasteiger partial charge in [0.15, 0.2) is 11.6 Å². The molecule has 0 unspecified atom stereocenters. The number of hydrogen-bond donors (Lipinski definition) is 0. The van der Waals surface area contributed by atoms with Crippen molar-refractivity contribution in [1.82, 2.24) is 0 Å². The molecule has 1 aliphatic carbocycles. The third-order valence-corrected chi connectivity index (χ3v) is 6.14. The molecule has 1 nitrogen and oxygen atoms in total. The van der Waals surface area contributed by atoms with Crippen molar-refractivity contribution in [2.24, 2.45) is 5.92 Å². The lowest BCUT2D eigenvalue weighted by Crippen LogP contribution is -2.13. The monoisotopic (exact) mass is 398 g/mol. The molecule has 0 atom stereocenters. The van der Waals surface area contributed by atoms with Crippen molar-refractivity contribution in [3.63, 3.8) is 0 Å². The number of benzene rings is 2. The second kappa shape index (κ2) is 10.6. The molecule has 0 N–H and O–H groups in total. The summed E-state index contributed by atoms with van der Waals surface area (Å²) in [5, 5.41) is 0. The molecule has 3 rings (SSSR count). The van der Waals surface area contributed by atoms with Crippen LogP contribution in [-0.2, 0) is 12.8 Å². The molecule has 0 bridgehead atoms. The average Bonchev–Trinajstić information content (AvgIpc) is 2.75. The summed E-state index contributed by atoms with van der Waals surface area (Å²) < 4.78 is 33.5. The van der Waals surface area contributed by atoms with Crippen LogP contribution in [0.4, 0.5) is 8.78 Å². The van der Waals surface area contributed by atoms with Gasteiger partial charge in [-0.05, 0) is 80.0 Å². The van der Waals surface area contributed by atoms with Crippen LogP contribution >= 0.6 is 0 Å². The van der Waals surface area contributed by atoms with Gasteiger partial charge in [-0.25, -0.2) is 4.39 Å². The zero-order valence-corrected chi connectivity index (χ0v) is 17.6. The zero-order valence-electron chi connectivity index (χ0n) is 17.6. The number of allylic oxidation sites excluding steroid dienone is 1. The van der Waals surface area contributed by atoms with Gasteiger partial charge in [0, 0.05) is 0 Å². The average molecular weight is 399 g/mol. The predicted octanol–water partition coefficient (Wildman–Crippen LogP) is 7.74. The molecule has 3 heteroatoms. The highest BCUT2D eigenvalue weighted by molar-refractivity contribution is 5.33. The fraction of sp³-hybridized carbons (Fsp3) is 0.462. The number of halogens is 2. The van der Waals surface area contributed by atoms with E-state index in [0.29, 0.717) is 24.3 Å². The van der Waals surface area contributed by atoms with Crippen molar-refractivity contribution in [3.05, 3.63) is 77.1 Å². The second-order valence-electron chi connectivity index (χ2n) is 8.19. The van der Waals surface area contributed by atoms with Gasteiger partial charge in [-0.15, -0.1) is 0 Å². The number of ether oxygens (including phenoxy) is 1. The maximum atomic E-state index is 14.3. The van der Waals surface area contributed by atoms with E-state index < -0.39 is 11.6 Å². The van der Waals surface area contributed by atoms with Gasteiger partial charge in [0.25, 0.3) is 0 Å². The summed E-state index contributed by atoms with van der Waals surface area (Å²) in [4.78, 5) is 0. The second-order valence-corrected chi connectivity index (χ2v) is 8.19. The minimum Gasteiger partial charge on any atom is -0.462 e. The third kappa shape index (κ3) is 5.68. The standard InChI is InChI=1S/C26H32F2O/c1-3-5-19-6-11-21(12-7-19)22-13-8-20(9-14-22)10-15-23-16-17-24(29-18-4-2)26(28)25(23)27/h4,8-9,13-14,16-19,21H,3,5-7,10-12,15H2,1-2H3/b18-4+. The largest absolute Gasteiger partial charge is 0.462 e. The van der Waals surface area contributed by atoms with Crippen LogP contribution in [0.3, 0.4) is 0 Å². The zero-order chi connectivity index (χ0) is 20.6. The Kier molecular flexibility index (Phi) is 7.85. The van der Waals surface area contributed by atoms with Crippen molar-refractivity contribution in [2.75, 3.05) is 0 Å². The highest BCUT2D eigenvalue weighted by Gasteiger charge is 2.21. The highest BCUT2D eigenvalue weighted by Crippen LogP contribution is 2.37. The van der Waals surface area contributed by atoms with Gasteiger partial charge in [-0.3, -0.25) is 0 Å². The Morgan fingerprint density at radius 1 is 0.931 bits per heavy atom. The Labute approximate surface area is 173 Å². The highest BCUT2D eigenvalue weighted by atomic mass is 19.2. The van der Waals surface area contributed by atoms with Crippen LogP contribution in [0.1, 0.15) is 75.0 Å². The van der Waals surface area contributed by atoms with Crippen LogP contribution in [0.15, 0.2) is 48.7 Å². The first kappa shape index (κ1) is 21.5.